The van der Waals surface area contributed by atoms with Crippen LogP contribution in [-0.4, -0.2) is 25.9 Å². The second-order valence-electron chi connectivity index (χ2n) is 3.57. The van der Waals surface area contributed by atoms with Gasteiger partial charge in [-0.15, -0.1) is 12.4 Å². The van der Waals surface area contributed by atoms with Crippen LogP contribution in [0.25, 0.3) is 0 Å². The Bertz CT molecular complexity index is 431. The highest BCUT2D eigenvalue weighted by molar-refractivity contribution is 5.85. The third-order valence-electron chi connectivity index (χ3n) is 2.38. The summed E-state index contributed by atoms with van der Waals surface area (Å²) in [5.41, 5.74) is 5.83. The van der Waals surface area contributed by atoms with Crippen LogP contribution < -0.4 is 10.5 Å². The number of rotatable bonds is 5. The first kappa shape index (κ1) is 17.6. The van der Waals surface area contributed by atoms with Gasteiger partial charge in [-0.25, -0.2) is 13.6 Å². The van der Waals surface area contributed by atoms with Crippen molar-refractivity contribution in [2.24, 2.45) is 5.73 Å². The van der Waals surface area contributed by atoms with Gasteiger partial charge in [-0.3, -0.25) is 0 Å². The minimum atomic E-state index is -2.02. The van der Waals surface area contributed by atoms with Crippen LogP contribution in [0.2, 0.25) is 0 Å². The fourth-order valence-corrected chi connectivity index (χ4v) is 1.49. The van der Waals surface area contributed by atoms with Crippen LogP contribution in [0.5, 0.6) is 5.75 Å². The molecule has 0 spiro atoms. The third kappa shape index (κ3) is 4.33. The molecule has 0 aliphatic rings. The van der Waals surface area contributed by atoms with Crippen molar-refractivity contribution in [2.45, 2.75) is 19.1 Å². The monoisotopic (exact) mass is 295 g/mol. The summed E-state index contributed by atoms with van der Waals surface area (Å²) in [7, 11) is 1.31. The van der Waals surface area contributed by atoms with Crippen molar-refractivity contribution >= 4 is 18.4 Å². The Morgan fingerprint density at radius 3 is 2.63 bits per heavy atom. The Morgan fingerprint density at radius 1 is 1.47 bits per heavy atom. The first-order valence-corrected chi connectivity index (χ1v) is 5.41. The van der Waals surface area contributed by atoms with Gasteiger partial charge in [0.05, 0.1) is 19.8 Å². The number of nitrogens with two attached hydrogens (primary N) is 1. The molecular formula is C12H16ClF2NO3. The zero-order valence-electron chi connectivity index (χ0n) is 10.6. The highest BCUT2D eigenvalue weighted by atomic mass is 35.5. The lowest BCUT2D eigenvalue weighted by molar-refractivity contribution is -0.149. The second kappa shape index (κ2) is 7.91. The normalized spacial score (nSPS) is 13.1. The molecule has 0 saturated carbocycles. The first-order chi connectivity index (χ1) is 8.51. The zero-order valence-corrected chi connectivity index (χ0v) is 11.4. The summed E-state index contributed by atoms with van der Waals surface area (Å²) in [4.78, 5) is 11.2. The Morgan fingerprint density at radius 2 is 2.11 bits per heavy atom. The summed E-state index contributed by atoms with van der Waals surface area (Å²) in [5, 5.41) is 0. The van der Waals surface area contributed by atoms with Crippen molar-refractivity contribution in [3.05, 3.63) is 29.6 Å². The predicted molar refractivity (Wildman–Crippen MR) is 68.7 cm³/mol. The summed E-state index contributed by atoms with van der Waals surface area (Å²) in [6.45, 7) is 1.63. The number of ether oxygens (including phenoxy) is 2. The van der Waals surface area contributed by atoms with Gasteiger partial charge in [0.2, 0.25) is 6.17 Å². The molecule has 0 fully saturated rings. The van der Waals surface area contributed by atoms with E-state index in [1.165, 1.54) is 13.2 Å². The summed E-state index contributed by atoms with van der Waals surface area (Å²) in [6.07, 6.45) is -2.02. The van der Waals surface area contributed by atoms with E-state index in [1.54, 1.807) is 6.92 Å². The van der Waals surface area contributed by atoms with E-state index in [1.807, 2.05) is 0 Å². The van der Waals surface area contributed by atoms with Gasteiger partial charge in [-0.05, 0) is 13.0 Å². The molecule has 1 aromatic rings. The number of methoxy groups -OCH3 is 1. The molecule has 0 heterocycles. The highest BCUT2D eigenvalue weighted by Crippen LogP contribution is 2.28. The molecule has 0 bridgehead atoms. The third-order valence-corrected chi connectivity index (χ3v) is 2.38. The van der Waals surface area contributed by atoms with Crippen molar-refractivity contribution in [3.8, 4) is 5.75 Å². The molecule has 4 nitrogen and oxygen atoms in total. The smallest absolute Gasteiger partial charge is 0.342 e. The Labute approximate surface area is 116 Å². The van der Waals surface area contributed by atoms with Crippen LogP contribution >= 0.6 is 12.4 Å². The Kier molecular flexibility index (Phi) is 7.33. The molecule has 2 N–H and O–H groups in total. The number of halogens is 3. The van der Waals surface area contributed by atoms with E-state index in [4.69, 9.17) is 10.5 Å². The maximum Gasteiger partial charge on any atom is 0.342 e. The van der Waals surface area contributed by atoms with Gasteiger partial charge < -0.3 is 15.2 Å². The van der Waals surface area contributed by atoms with Gasteiger partial charge in [0.25, 0.3) is 0 Å². The van der Waals surface area contributed by atoms with E-state index in [2.05, 4.69) is 4.74 Å². The highest BCUT2D eigenvalue weighted by Gasteiger charge is 2.29. The summed E-state index contributed by atoms with van der Waals surface area (Å²) in [6, 6.07) is 2.22. The van der Waals surface area contributed by atoms with Crippen LogP contribution in [-0.2, 0) is 9.53 Å². The molecule has 0 aliphatic carbocycles. The number of carbonyl (C=O) groups excluding carboxylic acids is 1. The maximum absolute atomic E-state index is 13.7. The molecule has 2 atom stereocenters. The SMILES string of the molecule is CCOC(=O)C(F)[C@H](N)c1ccc(F)cc1OC.Cl. The number of alkyl halides is 1. The lowest BCUT2D eigenvalue weighted by Crippen LogP contribution is -2.31. The zero-order chi connectivity index (χ0) is 13.7. The fraction of sp³-hybridized carbons (Fsp3) is 0.417. The maximum atomic E-state index is 13.7. The van der Waals surface area contributed by atoms with Gasteiger partial charge in [0, 0.05) is 11.6 Å². The van der Waals surface area contributed by atoms with Gasteiger partial charge in [-0.1, -0.05) is 6.07 Å². The van der Waals surface area contributed by atoms with Gasteiger partial charge in [0.1, 0.15) is 11.6 Å². The van der Waals surface area contributed by atoms with Crippen molar-refractivity contribution < 1.29 is 23.0 Å². The molecule has 0 saturated heterocycles. The Balaban J connectivity index is 0.00000324. The standard InChI is InChI=1S/C12H15F2NO3.ClH/c1-3-18-12(16)10(14)11(15)8-5-4-7(13)6-9(8)17-2;/h4-6,10-11H,3,15H2,1-2H3;1H/t10?,11-;/m1./s1. The average Bonchev–Trinajstić information content (AvgIpc) is 2.37. The van der Waals surface area contributed by atoms with E-state index in [0.717, 1.165) is 12.1 Å². The van der Waals surface area contributed by atoms with Crippen LogP contribution in [0, 0.1) is 5.82 Å². The molecule has 1 unspecified atom stereocenters. The molecule has 0 amide bonds. The molecule has 0 radical (unpaired) electrons. The van der Waals surface area contributed by atoms with Crippen LogP contribution in [0.15, 0.2) is 18.2 Å². The van der Waals surface area contributed by atoms with E-state index in [-0.39, 0.29) is 30.3 Å². The van der Waals surface area contributed by atoms with Crippen molar-refractivity contribution in [2.75, 3.05) is 13.7 Å². The summed E-state index contributed by atoms with van der Waals surface area (Å²) < 4.78 is 36.1. The van der Waals surface area contributed by atoms with Crippen molar-refractivity contribution in [3.63, 3.8) is 0 Å². The molecule has 108 valence electrons. The number of hydrogen-bond acceptors (Lipinski definition) is 4. The average molecular weight is 296 g/mol. The minimum Gasteiger partial charge on any atom is -0.496 e. The van der Waals surface area contributed by atoms with Crippen LogP contribution in [0.1, 0.15) is 18.5 Å². The molecular weight excluding hydrogens is 280 g/mol. The van der Waals surface area contributed by atoms with Crippen molar-refractivity contribution in [1.82, 2.24) is 0 Å². The summed E-state index contributed by atoms with van der Waals surface area (Å²) in [5.74, 6) is -1.49. The quantitative estimate of drug-likeness (QED) is 0.846. The van der Waals surface area contributed by atoms with Gasteiger partial charge >= 0.3 is 5.97 Å². The number of carbonyl (C=O) groups is 1. The first-order valence-electron chi connectivity index (χ1n) is 5.41. The number of hydrogen-bond donors (Lipinski definition) is 1. The van der Waals surface area contributed by atoms with E-state index in [9.17, 15) is 13.6 Å². The topological polar surface area (TPSA) is 61.5 Å². The molecule has 19 heavy (non-hydrogen) atoms. The van der Waals surface area contributed by atoms with Gasteiger partial charge in [0.15, 0.2) is 0 Å². The fourth-order valence-electron chi connectivity index (χ4n) is 1.49. The number of esters is 1. The van der Waals surface area contributed by atoms with E-state index < -0.39 is 24.0 Å². The molecule has 0 aromatic heterocycles. The Hall–Kier alpha value is -1.40. The molecule has 7 heteroatoms. The lowest BCUT2D eigenvalue weighted by Gasteiger charge is -2.18. The van der Waals surface area contributed by atoms with E-state index >= 15 is 0 Å². The molecule has 1 aromatic carbocycles. The van der Waals surface area contributed by atoms with E-state index in [0.29, 0.717) is 0 Å². The van der Waals surface area contributed by atoms with Gasteiger partial charge in [-0.2, -0.15) is 0 Å². The summed E-state index contributed by atoms with van der Waals surface area (Å²) >= 11 is 0. The minimum absolute atomic E-state index is 0. The number of benzene rings is 1. The van der Waals surface area contributed by atoms with Crippen LogP contribution in [0.3, 0.4) is 0 Å². The van der Waals surface area contributed by atoms with Crippen LogP contribution in [0.4, 0.5) is 8.78 Å². The molecule has 0 aliphatic heterocycles. The van der Waals surface area contributed by atoms with Crippen molar-refractivity contribution in [1.29, 1.82) is 0 Å². The lowest BCUT2D eigenvalue weighted by atomic mass is 10.0. The second-order valence-corrected chi connectivity index (χ2v) is 3.57. The predicted octanol–water partition coefficient (Wildman–Crippen LogP) is 2.16. The molecule has 1 rings (SSSR count). The largest absolute Gasteiger partial charge is 0.496 e.